The lowest BCUT2D eigenvalue weighted by Gasteiger charge is -2.16. The van der Waals surface area contributed by atoms with Gasteiger partial charge < -0.3 is 20.6 Å². The second kappa shape index (κ2) is 8.16. The van der Waals surface area contributed by atoms with Crippen molar-refractivity contribution in [2.45, 2.75) is 12.5 Å². The molecule has 0 saturated carbocycles. The summed E-state index contributed by atoms with van der Waals surface area (Å²) in [6.45, 7) is 1.37. The van der Waals surface area contributed by atoms with Crippen LogP contribution < -0.4 is 10.6 Å². The summed E-state index contributed by atoms with van der Waals surface area (Å²) in [6, 6.07) is 7.11. The summed E-state index contributed by atoms with van der Waals surface area (Å²) in [5.41, 5.74) is 0.545. The van der Waals surface area contributed by atoms with Crippen molar-refractivity contribution in [2.75, 3.05) is 27.2 Å². The largest absolute Gasteiger partial charge is 0.479 e. The quantitative estimate of drug-likeness (QED) is 0.652. The first-order valence-electron chi connectivity index (χ1n) is 6.47. The third-order valence-electron chi connectivity index (χ3n) is 2.72. The Hall–Kier alpha value is -2.08. The number of carbonyl (C=O) groups is 2. The van der Waals surface area contributed by atoms with Gasteiger partial charge in [-0.3, -0.25) is 0 Å². The van der Waals surface area contributed by atoms with Crippen LogP contribution in [0.3, 0.4) is 0 Å². The number of benzene rings is 1. The van der Waals surface area contributed by atoms with E-state index in [1.165, 1.54) is 0 Å². The smallest absolute Gasteiger partial charge is 0.330 e. The van der Waals surface area contributed by atoms with E-state index in [4.69, 9.17) is 0 Å². The van der Waals surface area contributed by atoms with E-state index in [2.05, 4.69) is 10.6 Å². The van der Waals surface area contributed by atoms with Gasteiger partial charge in [0.25, 0.3) is 0 Å². The molecule has 0 aliphatic rings. The number of hydrogen-bond donors (Lipinski definition) is 3. The summed E-state index contributed by atoms with van der Waals surface area (Å²) in [7, 11) is 3.91. The number of aliphatic carboxylic acids is 1. The molecule has 6 heteroatoms. The molecule has 3 N–H and O–H groups in total. The number of amides is 2. The summed E-state index contributed by atoms with van der Waals surface area (Å²) in [4.78, 5) is 24.9. The Morgan fingerprint density at radius 2 is 1.90 bits per heavy atom. The van der Waals surface area contributed by atoms with Gasteiger partial charge in [-0.15, -0.1) is 0 Å². The van der Waals surface area contributed by atoms with Crippen LogP contribution in [0.2, 0.25) is 0 Å². The molecule has 1 aromatic carbocycles. The lowest BCUT2D eigenvalue weighted by molar-refractivity contribution is -0.139. The van der Waals surface area contributed by atoms with Crippen LogP contribution >= 0.6 is 0 Å². The van der Waals surface area contributed by atoms with Crippen LogP contribution in [0, 0.1) is 0 Å². The Labute approximate surface area is 118 Å². The molecule has 0 radical (unpaired) electrons. The van der Waals surface area contributed by atoms with Crippen molar-refractivity contribution >= 4 is 12.0 Å². The van der Waals surface area contributed by atoms with E-state index < -0.39 is 18.0 Å². The number of urea groups is 1. The van der Waals surface area contributed by atoms with Gasteiger partial charge in [-0.1, -0.05) is 30.3 Å². The predicted molar refractivity (Wildman–Crippen MR) is 76.5 cm³/mol. The summed E-state index contributed by atoms with van der Waals surface area (Å²) in [5, 5.41) is 14.3. The number of carboxylic acids is 1. The fraction of sp³-hybridized carbons (Fsp3) is 0.429. The van der Waals surface area contributed by atoms with E-state index in [1.54, 1.807) is 30.3 Å². The third-order valence-corrected chi connectivity index (χ3v) is 2.72. The highest BCUT2D eigenvalue weighted by Crippen LogP contribution is 2.12. The monoisotopic (exact) mass is 279 g/mol. The molecule has 0 bridgehead atoms. The molecule has 6 nitrogen and oxygen atoms in total. The highest BCUT2D eigenvalue weighted by atomic mass is 16.4. The molecule has 1 rings (SSSR count). The highest BCUT2D eigenvalue weighted by molar-refractivity contribution is 5.83. The van der Waals surface area contributed by atoms with Gasteiger partial charge >= 0.3 is 12.0 Å². The normalized spacial score (nSPS) is 11.9. The molecule has 0 fully saturated rings. The van der Waals surface area contributed by atoms with Gasteiger partial charge in [0.15, 0.2) is 6.04 Å². The molecule has 2 amide bonds. The zero-order chi connectivity index (χ0) is 15.0. The molecule has 0 saturated heterocycles. The van der Waals surface area contributed by atoms with Crippen LogP contribution in [0.4, 0.5) is 4.79 Å². The van der Waals surface area contributed by atoms with Crippen molar-refractivity contribution in [2.24, 2.45) is 0 Å². The molecule has 0 aromatic heterocycles. The maximum atomic E-state index is 11.7. The Bertz CT molecular complexity index is 435. The van der Waals surface area contributed by atoms with Crippen molar-refractivity contribution in [3.8, 4) is 0 Å². The molecular formula is C14H21N3O3. The summed E-state index contributed by atoms with van der Waals surface area (Å²) in [5.74, 6) is -1.08. The van der Waals surface area contributed by atoms with Crippen molar-refractivity contribution in [1.82, 2.24) is 15.5 Å². The average Bonchev–Trinajstić information content (AvgIpc) is 2.41. The van der Waals surface area contributed by atoms with Crippen LogP contribution in [0.5, 0.6) is 0 Å². The Morgan fingerprint density at radius 3 is 2.45 bits per heavy atom. The first-order chi connectivity index (χ1) is 9.50. The van der Waals surface area contributed by atoms with E-state index in [-0.39, 0.29) is 0 Å². The number of carboxylic acid groups (broad SMARTS) is 1. The van der Waals surface area contributed by atoms with Crippen LogP contribution in [0.25, 0.3) is 0 Å². The minimum Gasteiger partial charge on any atom is -0.479 e. The van der Waals surface area contributed by atoms with E-state index in [0.717, 1.165) is 13.0 Å². The molecule has 0 heterocycles. The van der Waals surface area contributed by atoms with Gasteiger partial charge in [0.2, 0.25) is 0 Å². The fourth-order valence-electron chi connectivity index (χ4n) is 1.71. The Balaban J connectivity index is 2.46. The zero-order valence-electron chi connectivity index (χ0n) is 11.8. The van der Waals surface area contributed by atoms with Crippen LogP contribution in [0.15, 0.2) is 30.3 Å². The zero-order valence-corrected chi connectivity index (χ0v) is 11.8. The van der Waals surface area contributed by atoms with Gasteiger partial charge in [-0.2, -0.15) is 0 Å². The average molecular weight is 279 g/mol. The minimum absolute atomic E-state index is 0.472. The van der Waals surface area contributed by atoms with Gasteiger partial charge in [0, 0.05) is 6.54 Å². The molecular weight excluding hydrogens is 258 g/mol. The molecule has 0 spiro atoms. The Morgan fingerprint density at radius 1 is 1.25 bits per heavy atom. The van der Waals surface area contributed by atoms with E-state index >= 15 is 0 Å². The van der Waals surface area contributed by atoms with Crippen LogP contribution in [-0.4, -0.2) is 49.2 Å². The fourth-order valence-corrected chi connectivity index (χ4v) is 1.71. The maximum absolute atomic E-state index is 11.7. The van der Waals surface area contributed by atoms with Gasteiger partial charge in [0.05, 0.1) is 0 Å². The lowest BCUT2D eigenvalue weighted by Crippen LogP contribution is -2.41. The predicted octanol–water partition coefficient (Wildman–Crippen LogP) is 1.06. The number of rotatable bonds is 7. The van der Waals surface area contributed by atoms with E-state index in [0.29, 0.717) is 12.1 Å². The van der Waals surface area contributed by atoms with Crippen molar-refractivity contribution in [1.29, 1.82) is 0 Å². The van der Waals surface area contributed by atoms with Gasteiger partial charge in [-0.05, 0) is 32.6 Å². The number of nitrogens with zero attached hydrogens (tertiary/aromatic N) is 1. The summed E-state index contributed by atoms with van der Waals surface area (Å²) < 4.78 is 0. The van der Waals surface area contributed by atoms with Gasteiger partial charge in [0.1, 0.15) is 0 Å². The number of hydrogen-bond acceptors (Lipinski definition) is 3. The highest BCUT2D eigenvalue weighted by Gasteiger charge is 2.21. The molecule has 0 unspecified atom stereocenters. The van der Waals surface area contributed by atoms with Crippen molar-refractivity contribution < 1.29 is 14.7 Å². The molecule has 20 heavy (non-hydrogen) atoms. The van der Waals surface area contributed by atoms with Crippen LogP contribution in [0.1, 0.15) is 18.0 Å². The van der Waals surface area contributed by atoms with Crippen molar-refractivity contribution in [3.05, 3.63) is 35.9 Å². The molecule has 0 aliphatic heterocycles. The second-order valence-electron chi connectivity index (χ2n) is 4.74. The van der Waals surface area contributed by atoms with Crippen molar-refractivity contribution in [3.63, 3.8) is 0 Å². The van der Waals surface area contributed by atoms with E-state index in [9.17, 15) is 14.7 Å². The van der Waals surface area contributed by atoms with Crippen LogP contribution in [-0.2, 0) is 4.79 Å². The summed E-state index contributed by atoms with van der Waals surface area (Å²) in [6.07, 6.45) is 0.809. The third kappa shape index (κ3) is 5.71. The maximum Gasteiger partial charge on any atom is 0.330 e. The van der Waals surface area contributed by atoms with E-state index in [1.807, 2.05) is 19.0 Å². The first kappa shape index (κ1) is 16.0. The molecule has 1 aromatic rings. The first-order valence-corrected chi connectivity index (χ1v) is 6.47. The molecule has 110 valence electrons. The Kier molecular flexibility index (Phi) is 6.52. The standard InChI is InChI=1S/C14H21N3O3/c1-17(2)10-6-9-15-14(20)16-12(13(18)19)11-7-4-3-5-8-11/h3-5,7-8,12H,6,9-10H2,1-2H3,(H,18,19)(H2,15,16,20)/t12-/m0/s1. The molecule has 0 aliphatic carbocycles. The topological polar surface area (TPSA) is 81.7 Å². The van der Waals surface area contributed by atoms with Gasteiger partial charge in [-0.25, -0.2) is 9.59 Å². The minimum atomic E-state index is -1.08. The summed E-state index contributed by atoms with van der Waals surface area (Å²) >= 11 is 0. The molecule has 1 atom stereocenters. The second-order valence-corrected chi connectivity index (χ2v) is 4.74. The SMILES string of the molecule is CN(C)CCCNC(=O)N[C@H](C(=O)O)c1ccccc1. The number of nitrogens with one attached hydrogen (secondary N) is 2. The lowest BCUT2D eigenvalue weighted by atomic mass is 10.1. The number of carbonyl (C=O) groups excluding carboxylic acids is 1.